The predicted octanol–water partition coefficient (Wildman–Crippen LogP) is 2.19. The van der Waals surface area contributed by atoms with Gasteiger partial charge in [-0.1, -0.05) is 13.8 Å². The van der Waals surface area contributed by atoms with E-state index in [1.54, 1.807) is 24.5 Å². The van der Waals surface area contributed by atoms with Gasteiger partial charge in [-0.15, -0.1) is 0 Å². The van der Waals surface area contributed by atoms with Gasteiger partial charge in [-0.2, -0.15) is 0 Å². The molecule has 2 amide bonds. The van der Waals surface area contributed by atoms with Gasteiger partial charge >= 0.3 is 0 Å². The molecule has 5 nitrogen and oxygen atoms in total. The zero-order valence-electron chi connectivity index (χ0n) is 13.5. The van der Waals surface area contributed by atoms with E-state index in [2.05, 4.69) is 18.8 Å². The van der Waals surface area contributed by atoms with Crippen LogP contribution in [0.4, 0.5) is 0 Å². The first-order valence-electron chi connectivity index (χ1n) is 8.15. The van der Waals surface area contributed by atoms with Gasteiger partial charge in [0.1, 0.15) is 0 Å². The molecule has 1 aromatic rings. The number of carbonyl (C=O) groups is 2. The fourth-order valence-corrected chi connectivity index (χ4v) is 2.91. The summed E-state index contributed by atoms with van der Waals surface area (Å²) in [6, 6.07) is 3.47. The van der Waals surface area contributed by atoms with E-state index < -0.39 is 0 Å². The van der Waals surface area contributed by atoms with Crippen LogP contribution in [-0.4, -0.2) is 52.8 Å². The normalized spacial score (nSPS) is 15.8. The molecular weight excluding hydrogens is 278 g/mol. The molecule has 0 aromatic carbocycles. The first kappa shape index (κ1) is 16.5. The van der Waals surface area contributed by atoms with Crippen molar-refractivity contribution in [3.05, 3.63) is 30.1 Å². The highest BCUT2D eigenvalue weighted by molar-refractivity contribution is 5.94. The second kappa shape index (κ2) is 7.92. The number of aromatic nitrogens is 1. The number of pyridine rings is 1. The van der Waals surface area contributed by atoms with Crippen LogP contribution in [0.25, 0.3) is 0 Å². The second-order valence-electron chi connectivity index (χ2n) is 5.72. The second-order valence-corrected chi connectivity index (χ2v) is 5.72. The Kier molecular flexibility index (Phi) is 5.92. The summed E-state index contributed by atoms with van der Waals surface area (Å²) in [7, 11) is 0. The molecule has 2 rings (SSSR count). The molecule has 0 aliphatic carbocycles. The molecule has 0 unspecified atom stereocenters. The van der Waals surface area contributed by atoms with E-state index in [0.717, 1.165) is 25.8 Å². The Morgan fingerprint density at radius 3 is 2.27 bits per heavy atom. The summed E-state index contributed by atoms with van der Waals surface area (Å²) in [5.74, 6) is 0.380. The van der Waals surface area contributed by atoms with Crippen molar-refractivity contribution in [2.45, 2.75) is 33.1 Å². The molecule has 0 atom stereocenters. The van der Waals surface area contributed by atoms with Crippen molar-refractivity contribution in [1.82, 2.24) is 14.8 Å². The van der Waals surface area contributed by atoms with Crippen molar-refractivity contribution < 1.29 is 9.59 Å². The Balaban J connectivity index is 1.98. The quantitative estimate of drug-likeness (QED) is 0.857. The standard InChI is InChI=1S/C17H25N3O2/c1-3-14(4-2)16(21)19-10-5-11-20(13-12-19)17(22)15-6-8-18-9-7-15/h6-9,14H,3-5,10-13H2,1-2H3. The summed E-state index contributed by atoms with van der Waals surface area (Å²) in [6.45, 7) is 6.80. The Labute approximate surface area is 132 Å². The van der Waals surface area contributed by atoms with Gasteiger partial charge in [0.25, 0.3) is 5.91 Å². The molecule has 0 spiro atoms. The van der Waals surface area contributed by atoms with E-state index in [-0.39, 0.29) is 17.7 Å². The smallest absolute Gasteiger partial charge is 0.254 e. The molecule has 0 saturated carbocycles. The van der Waals surface area contributed by atoms with Crippen LogP contribution < -0.4 is 0 Å². The van der Waals surface area contributed by atoms with Gasteiger partial charge in [0.15, 0.2) is 0 Å². The minimum Gasteiger partial charge on any atom is -0.341 e. The topological polar surface area (TPSA) is 53.5 Å². The van der Waals surface area contributed by atoms with Gasteiger partial charge < -0.3 is 9.80 Å². The fraction of sp³-hybridized carbons (Fsp3) is 0.588. The van der Waals surface area contributed by atoms with Gasteiger partial charge in [0.05, 0.1) is 0 Å². The van der Waals surface area contributed by atoms with E-state index in [0.29, 0.717) is 25.2 Å². The monoisotopic (exact) mass is 303 g/mol. The molecular formula is C17H25N3O2. The summed E-state index contributed by atoms with van der Waals surface area (Å²) >= 11 is 0. The molecule has 0 radical (unpaired) electrons. The largest absolute Gasteiger partial charge is 0.341 e. The van der Waals surface area contributed by atoms with Crippen LogP contribution in [-0.2, 0) is 4.79 Å². The molecule has 22 heavy (non-hydrogen) atoms. The zero-order valence-corrected chi connectivity index (χ0v) is 13.5. The third-order valence-electron chi connectivity index (χ3n) is 4.36. The van der Waals surface area contributed by atoms with Crippen molar-refractivity contribution >= 4 is 11.8 Å². The van der Waals surface area contributed by atoms with E-state index in [9.17, 15) is 9.59 Å². The third kappa shape index (κ3) is 3.84. The molecule has 1 fully saturated rings. The van der Waals surface area contributed by atoms with Gasteiger partial charge in [0.2, 0.25) is 5.91 Å². The maximum Gasteiger partial charge on any atom is 0.254 e. The third-order valence-corrected chi connectivity index (χ3v) is 4.36. The highest BCUT2D eigenvalue weighted by atomic mass is 16.2. The molecule has 1 aliphatic heterocycles. The highest BCUT2D eigenvalue weighted by Crippen LogP contribution is 2.15. The molecule has 1 aromatic heterocycles. The summed E-state index contributed by atoms with van der Waals surface area (Å²) < 4.78 is 0. The van der Waals surface area contributed by atoms with Gasteiger partial charge in [0, 0.05) is 50.1 Å². The number of hydrogen-bond acceptors (Lipinski definition) is 3. The Morgan fingerprint density at radius 2 is 1.64 bits per heavy atom. The molecule has 1 saturated heterocycles. The first-order valence-corrected chi connectivity index (χ1v) is 8.15. The predicted molar refractivity (Wildman–Crippen MR) is 85.4 cm³/mol. The fourth-order valence-electron chi connectivity index (χ4n) is 2.91. The van der Waals surface area contributed by atoms with Crippen LogP contribution in [0.2, 0.25) is 0 Å². The van der Waals surface area contributed by atoms with Gasteiger partial charge in [-0.3, -0.25) is 14.6 Å². The van der Waals surface area contributed by atoms with Crippen LogP contribution in [0.5, 0.6) is 0 Å². The van der Waals surface area contributed by atoms with Crippen LogP contribution in [0.15, 0.2) is 24.5 Å². The van der Waals surface area contributed by atoms with Crippen molar-refractivity contribution in [3.63, 3.8) is 0 Å². The Bertz CT molecular complexity index is 500. The van der Waals surface area contributed by atoms with Crippen LogP contribution in [0.1, 0.15) is 43.5 Å². The lowest BCUT2D eigenvalue weighted by molar-refractivity contribution is -0.135. The lowest BCUT2D eigenvalue weighted by Crippen LogP contribution is -2.39. The van der Waals surface area contributed by atoms with Gasteiger partial charge in [-0.05, 0) is 31.4 Å². The van der Waals surface area contributed by atoms with Gasteiger partial charge in [-0.25, -0.2) is 0 Å². The zero-order chi connectivity index (χ0) is 15.9. The summed E-state index contributed by atoms with van der Waals surface area (Å²) in [6.07, 6.45) is 5.86. The maximum atomic E-state index is 12.5. The van der Waals surface area contributed by atoms with E-state index >= 15 is 0 Å². The summed E-state index contributed by atoms with van der Waals surface area (Å²) in [5, 5.41) is 0. The average molecular weight is 303 g/mol. The summed E-state index contributed by atoms with van der Waals surface area (Å²) in [5.41, 5.74) is 0.662. The summed E-state index contributed by atoms with van der Waals surface area (Å²) in [4.78, 5) is 32.7. The van der Waals surface area contributed by atoms with E-state index in [1.807, 2.05) is 9.80 Å². The van der Waals surface area contributed by atoms with Crippen molar-refractivity contribution in [3.8, 4) is 0 Å². The number of hydrogen-bond donors (Lipinski definition) is 0. The van der Waals surface area contributed by atoms with E-state index in [4.69, 9.17) is 0 Å². The number of nitrogens with zero attached hydrogens (tertiary/aromatic N) is 3. The van der Waals surface area contributed by atoms with Crippen molar-refractivity contribution in [1.29, 1.82) is 0 Å². The molecule has 2 heterocycles. The Hall–Kier alpha value is -1.91. The SMILES string of the molecule is CCC(CC)C(=O)N1CCCN(C(=O)c2ccncc2)CC1. The number of carbonyl (C=O) groups excluding carboxylic acids is 2. The number of rotatable bonds is 4. The molecule has 0 N–H and O–H groups in total. The number of amides is 2. The average Bonchev–Trinajstić information content (AvgIpc) is 2.82. The lowest BCUT2D eigenvalue weighted by atomic mass is 10.0. The van der Waals surface area contributed by atoms with Crippen molar-refractivity contribution in [2.24, 2.45) is 5.92 Å². The Morgan fingerprint density at radius 1 is 1.05 bits per heavy atom. The van der Waals surface area contributed by atoms with E-state index in [1.165, 1.54) is 0 Å². The molecule has 0 bridgehead atoms. The molecule has 5 heteroatoms. The van der Waals surface area contributed by atoms with Crippen LogP contribution in [0, 0.1) is 5.92 Å². The molecule has 120 valence electrons. The maximum absolute atomic E-state index is 12.5. The van der Waals surface area contributed by atoms with Crippen LogP contribution >= 0.6 is 0 Å². The van der Waals surface area contributed by atoms with Crippen molar-refractivity contribution in [2.75, 3.05) is 26.2 Å². The minimum atomic E-state index is 0.0271. The first-order chi connectivity index (χ1) is 10.7. The minimum absolute atomic E-state index is 0.0271. The lowest BCUT2D eigenvalue weighted by Gasteiger charge is -2.25. The molecule has 1 aliphatic rings. The van der Waals surface area contributed by atoms with Crippen LogP contribution in [0.3, 0.4) is 0 Å². The highest BCUT2D eigenvalue weighted by Gasteiger charge is 2.25.